The van der Waals surface area contributed by atoms with E-state index >= 15 is 0 Å². The van der Waals surface area contributed by atoms with E-state index in [4.69, 9.17) is 4.74 Å². The molecule has 1 saturated carbocycles. The van der Waals surface area contributed by atoms with Crippen LogP contribution in [0.2, 0.25) is 0 Å². The van der Waals surface area contributed by atoms with Gasteiger partial charge in [-0.25, -0.2) is 0 Å². The number of hydrogen-bond donors (Lipinski definition) is 2. The van der Waals surface area contributed by atoms with Crippen molar-refractivity contribution in [1.82, 2.24) is 5.32 Å². The summed E-state index contributed by atoms with van der Waals surface area (Å²) in [5.41, 5.74) is 0.262. The van der Waals surface area contributed by atoms with E-state index in [-0.39, 0.29) is 17.2 Å². The number of amides is 1. The number of hydrogen-bond acceptors (Lipinski definition) is 3. The molecule has 1 aromatic carbocycles. The van der Waals surface area contributed by atoms with Crippen LogP contribution in [-0.2, 0) is 0 Å². The highest BCUT2D eigenvalue weighted by molar-refractivity contribution is 9.09. The van der Waals surface area contributed by atoms with Crippen molar-refractivity contribution >= 4 is 21.8 Å². The highest BCUT2D eigenvalue weighted by Crippen LogP contribution is 2.32. The lowest BCUT2D eigenvalue weighted by molar-refractivity contribution is 0.0941. The molecular weight excluding hydrogens is 322 g/mol. The first-order chi connectivity index (χ1) is 9.65. The largest absolute Gasteiger partial charge is 0.507 e. The fourth-order valence-electron chi connectivity index (χ4n) is 2.73. The Balaban J connectivity index is 1.98. The zero-order valence-electron chi connectivity index (χ0n) is 11.6. The van der Waals surface area contributed by atoms with Gasteiger partial charge in [-0.3, -0.25) is 4.79 Å². The van der Waals surface area contributed by atoms with Crippen molar-refractivity contribution in [2.24, 2.45) is 11.8 Å². The molecule has 2 atom stereocenters. The summed E-state index contributed by atoms with van der Waals surface area (Å²) in [6, 6.07) is 4.66. The third-order valence-corrected chi connectivity index (χ3v) is 4.82. The molecule has 0 spiro atoms. The van der Waals surface area contributed by atoms with Gasteiger partial charge >= 0.3 is 0 Å². The van der Waals surface area contributed by atoms with Crippen molar-refractivity contribution in [3.63, 3.8) is 0 Å². The second kappa shape index (κ2) is 6.97. The van der Waals surface area contributed by atoms with E-state index in [1.807, 2.05) is 0 Å². The van der Waals surface area contributed by atoms with Gasteiger partial charge in [-0.1, -0.05) is 22.4 Å². The average Bonchev–Trinajstić information content (AvgIpc) is 2.92. The second-order valence-electron chi connectivity index (χ2n) is 5.20. The van der Waals surface area contributed by atoms with Crippen molar-refractivity contribution in [2.75, 3.05) is 19.0 Å². The molecule has 1 aliphatic carbocycles. The highest BCUT2D eigenvalue weighted by atomic mass is 79.9. The van der Waals surface area contributed by atoms with E-state index in [9.17, 15) is 9.90 Å². The average molecular weight is 342 g/mol. The summed E-state index contributed by atoms with van der Waals surface area (Å²) < 4.78 is 5.08. The number of alkyl halides is 1. The van der Waals surface area contributed by atoms with Gasteiger partial charge < -0.3 is 15.2 Å². The van der Waals surface area contributed by atoms with Crippen molar-refractivity contribution in [3.05, 3.63) is 23.8 Å². The SMILES string of the molecule is COc1ccc(O)c(C(=O)NCC2CCCC2CBr)c1. The summed E-state index contributed by atoms with van der Waals surface area (Å²) in [4.78, 5) is 12.1. The highest BCUT2D eigenvalue weighted by Gasteiger charge is 2.26. The van der Waals surface area contributed by atoms with E-state index in [0.29, 0.717) is 24.1 Å². The fourth-order valence-corrected chi connectivity index (χ4v) is 3.58. The molecule has 110 valence electrons. The van der Waals surface area contributed by atoms with Gasteiger partial charge in [0.2, 0.25) is 0 Å². The van der Waals surface area contributed by atoms with Crippen LogP contribution in [0.5, 0.6) is 11.5 Å². The van der Waals surface area contributed by atoms with Gasteiger partial charge in [0.15, 0.2) is 0 Å². The molecule has 1 aliphatic rings. The summed E-state index contributed by atoms with van der Waals surface area (Å²) in [5, 5.41) is 13.7. The normalized spacial score (nSPS) is 21.7. The predicted molar refractivity (Wildman–Crippen MR) is 81.6 cm³/mol. The van der Waals surface area contributed by atoms with Crippen LogP contribution in [0.1, 0.15) is 29.6 Å². The van der Waals surface area contributed by atoms with Crippen molar-refractivity contribution in [1.29, 1.82) is 0 Å². The van der Waals surface area contributed by atoms with Gasteiger partial charge in [0, 0.05) is 11.9 Å². The number of halogens is 1. The first-order valence-electron chi connectivity index (χ1n) is 6.87. The maximum absolute atomic E-state index is 12.1. The van der Waals surface area contributed by atoms with Gasteiger partial charge in [0.25, 0.3) is 5.91 Å². The Labute approximate surface area is 127 Å². The Morgan fingerprint density at radius 2 is 2.20 bits per heavy atom. The van der Waals surface area contributed by atoms with Gasteiger partial charge in [0.1, 0.15) is 11.5 Å². The number of nitrogens with one attached hydrogen (secondary N) is 1. The molecule has 0 heterocycles. The first kappa shape index (κ1) is 15.2. The minimum atomic E-state index is -0.248. The molecular formula is C15H20BrNO3. The molecule has 0 aromatic heterocycles. The Morgan fingerprint density at radius 3 is 2.90 bits per heavy atom. The Morgan fingerprint density at radius 1 is 1.45 bits per heavy atom. The third kappa shape index (κ3) is 3.45. The van der Waals surface area contributed by atoms with Gasteiger partial charge in [-0.15, -0.1) is 0 Å². The lowest BCUT2D eigenvalue weighted by Gasteiger charge is -2.18. The molecule has 2 rings (SSSR count). The van der Waals surface area contributed by atoms with Crippen LogP contribution in [0.3, 0.4) is 0 Å². The molecule has 0 saturated heterocycles. The van der Waals surface area contributed by atoms with Crippen LogP contribution in [0.25, 0.3) is 0 Å². The Kier molecular flexibility index (Phi) is 5.29. The summed E-state index contributed by atoms with van der Waals surface area (Å²) in [5.74, 6) is 1.45. The minimum Gasteiger partial charge on any atom is -0.507 e. The lowest BCUT2D eigenvalue weighted by atomic mass is 9.98. The molecule has 2 N–H and O–H groups in total. The predicted octanol–water partition coefficient (Wildman–Crippen LogP) is 2.94. The van der Waals surface area contributed by atoms with Crippen LogP contribution in [0.4, 0.5) is 0 Å². The number of phenolic OH excluding ortho intramolecular Hbond substituents is 1. The number of ether oxygens (including phenoxy) is 1. The molecule has 2 unspecified atom stereocenters. The third-order valence-electron chi connectivity index (χ3n) is 3.99. The number of carbonyl (C=O) groups excluding carboxylic acids is 1. The van der Waals surface area contributed by atoms with Crippen LogP contribution in [-0.4, -0.2) is 30.0 Å². The maximum Gasteiger partial charge on any atom is 0.255 e. The number of aromatic hydroxyl groups is 1. The number of benzene rings is 1. The van der Waals surface area contributed by atoms with Crippen LogP contribution in [0.15, 0.2) is 18.2 Å². The quantitative estimate of drug-likeness (QED) is 0.809. The van der Waals surface area contributed by atoms with E-state index in [2.05, 4.69) is 21.2 Å². The van der Waals surface area contributed by atoms with E-state index < -0.39 is 0 Å². The molecule has 0 bridgehead atoms. The second-order valence-corrected chi connectivity index (χ2v) is 5.85. The molecule has 0 radical (unpaired) electrons. The van der Waals surface area contributed by atoms with Gasteiger partial charge in [-0.2, -0.15) is 0 Å². The number of rotatable bonds is 5. The molecule has 1 aromatic rings. The minimum absolute atomic E-state index is 0.0215. The molecule has 5 heteroatoms. The topological polar surface area (TPSA) is 58.6 Å². The van der Waals surface area contributed by atoms with E-state index in [0.717, 1.165) is 11.8 Å². The maximum atomic E-state index is 12.1. The number of carbonyl (C=O) groups is 1. The number of methoxy groups -OCH3 is 1. The van der Waals surface area contributed by atoms with Crippen molar-refractivity contribution < 1.29 is 14.6 Å². The van der Waals surface area contributed by atoms with Crippen molar-refractivity contribution in [2.45, 2.75) is 19.3 Å². The van der Waals surface area contributed by atoms with E-state index in [1.54, 1.807) is 12.1 Å². The summed E-state index contributed by atoms with van der Waals surface area (Å²) in [7, 11) is 1.53. The van der Waals surface area contributed by atoms with Gasteiger partial charge in [0.05, 0.1) is 12.7 Å². The summed E-state index contributed by atoms with van der Waals surface area (Å²) in [6.45, 7) is 0.658. The lowest BCUT2D eigenvalue weighted by Crippen LogP contribution is -2.31. The van der Waals surface area contributed by atoms with Crippen molar-refractivity contribution in [3.8, 4) is 11.5 Å². The summed E-state index contributed by atoms with van der Waals surface area (Å²) >= 11 is 3.53. The molecule has 1 fully saturated rings. The fraction of sp³-hybridized carbons (Fsp3) is 0.533. The van der Waals surface area contributed by atoms with Crippen LogP contribution in [0, 0.1) is 11.8 Å². The van der Waals surface area contributed by atoms with E-state index in [1.165, 1.54) is 26.0 Å². The standard InChI is InChI=1S/C15H20BrNO3/c1-20-12-5-6-14(18)13(7-12)15(19)17-9-11-4-2-3-10(11)8-16/h5-7,10-11,18H,2-4,8-9H2,1H3,(H,17,19). The molecule has 20 heavy (non-hydrogen) atoms. The van der Waals surface area contributed by atoms with Crippen LogP contribution < -0.4 is 10.1 Å². The zero-order chi connectivity index (χ0) is 14.5. The summed E-state index contributed by atoms with van der Waals surface area (Å²) in [6.07, 6.45) is 3.60. The first-order valence-corrected chi connectivity index (χ1v) is 7.99. The zero-order valence-corrected chi connectivity index (χ0v) is 13.1. The molecule has 1 amide bonds. The monoisotopic (exact) mass is 341 g/mol. The number of phenols is 1. The molecule has 4 nitrogen and oxygen atoms in total. The Hall–Kier alpha value is -1.23. The van der Waals surface area contributed by atoms with Crippen LogP contribution >= 0.6 is 15.9 Å². The van der Waals surface area contributed by atoms with Gasteiger partial charge in [-0.05, 0) is 42.9 Å². The smallest absolute Gasteiger partial charge is 0.255 e. The molecule has 0 aliphatic heterocycles. The Bertz CT molecular complexity index is 478.